The highest BCUT2D eigenvalue weighted by molar-refractivity contribution is 5.68. The minimum atomic E-state index is -1.03. The van der Waals surface area contributed by atoms with Gasteiger partial charge in [0.25, 0.3) is 0 Å². The first-order chi connectivity index (χ1) is 11.8. The van der Waals surface area contributed by atoms with Gasteiger partial charge in [0.05, 0.1) is 18.9 Å². The van der Waals surface area contributed by atoms with Gasteiger partial charge in [-0.25, -0.2) is 4.79 Å². The molecule has 0 radical (unpaired) electrons. The Morgan fingerprint density at radius 1 is 1.28 bits per heavy atom. The van der Waals surface area contributed by atoms with Crippen molar-refractivity contribution in [1.29, 1.82) is 0 Å². The van der Waals surface area contributed by atoms with E-state index in [1.54, 1.807) is 11.1 Å². The Balaban J connectivity index is 1.61. The van der Waals surface area contributed by atoms with Crippen molar-refractivity contribution in [1.82, 2.24) is 9.88 Å². The van der Waals surface area contributed by atoms with Crippen molar-refractivity contribution in [2.75, 3.05) is 26.3 Å². The van der Waals surface area contributed by atoms with Crippen LogP contribution in [0.15, 0.2) is 18.3 Å². The molecule has 0 atom stereocenters. The Hall–Kier alpha value is -1.70. The smallest absolute Gasteiger partial charge is 0.410 e. The predicted octanol–water partition coefficient (Wildman–Crippen LogP) is 2.35. The van der Waals surface area contributed by atoms with E-state index in [0.29, 0.717) is 44.8 Å². The Labute approximate surface area is 147 Å². The van der Waals surface area contributed by atoms with Crippen LogP contribution in [0.2, 0.25) is 0 Å². The number of rotatable bonds is 2. The Kier molecular flexibility index (Phi) is 4.99. The van der Waals surface area contributed by atoms with E-state index in [1.807, 2.05) is 32.9 Å². The Morgan fingerprint density at radius 3 is 2.44 bits per heavy atom. The summed E-state index contributed by atoms with van der Waals surface area (Å²) in [5.74, 6) is 0. The third kappa shape index (κ3) is 4.29. The molecule has 1 aromatic rings. The minimum Gasteiger partial charge on any atom is -0.444 e. The van der Waals surface area contributed by atoms with Crippen molar-refractivity contribution >= 4 is 6.09 Å². The highest BCUT2D eigenvalue weighted by Crippen LogP contribution is 2.33. The lowest BCUT2D eigenvalue weighted by Crippen LogP contribution is -2.47. The van der Waals surface area contributed by atoms with Crippen LogP contribution in [0.25, 0.3) is 0 Å². The van der Waals surface area contributed by atoms with Gasteiger partial charge in [-0.3, -0.25) is 4.98 Å². The zero-order valence-corrected chi connectivity index (χ0v) is 15.0. The van der Waals surface area contributed by atoms with Crippen LogP contribution < -0.4 is 0 Å². The summed E-state index contributed by atoms with van der Waals surface area (Å²) in [6.45, 7) is 7.55. The molecule has 1 aromatic heterocycles. The molecule has 7 heteroatoms. The van der Waals surface area contributed by atoms with Crippen molar-refractivity contribution in [3.63, 3.8) is 0 Å². The molecule has 1 amide bonds. The molecule has 0 spiro atoms. The van der Waals surface area contributed by atoms with Crippen molar-refractivity contribution in [3.8, 4) is 0 Å². The van der Waals surface area contributed by atoms with Crippen LogP contribution >= 0.6 is 0 Å². The van der Waals surface area contributed by atoms with Crippen molar-refractivity contribution < 1.29 is 24.1 Å². The van der Waals surface area contributed by atoms with Gasteiger partial charge >= 0.3 is 6.09 Å². The average Bonchev–Trinajstić information content (AvgIpc) is 3.08. The number of amides is 1. The van der Waals surface area contributed by atoms with E-state index in [-0.39, 0.29) is 12.4 Å². The molecule has 0 aliphatic carbocycles. The number of ether oxygens (including phenoxy) is 3. The van der Waals surface area contributed by atoms with Crippen LogP contribution in [0.1, 0.15) is 51.2 Å². The number of aromatic nitrogens is 1. The summed E-state index contributed by atoms with van der Waals surface area (Å²) in [5.41, 5.74) is -0.102. The molecule has 138 valence electrons. The van der Waals surface area contributed by atoms with Gasteiger partial charge in [-0.1, -0.05) is 6.07 Å². The quantitative estimate of drug-likeness (QED) is 0.882. The summed E-state index contributed by atoms with van der Waals surface area (Å²) in [5, 5.41) is 10.9. The first kappa shape index (κ1) is 18.1. The van der Waals surface area contributed by atoms with E-state index in [4.69, 9.17) is 14.2 Å². The van der Waals surface area contributed by atoms with Gasteiger partial charge in [0.2, 0.25) is 0 Å². The molecule has 1 N–H and O–H groups in total. The minimum absolute atomic E-state index is 0.339. The Bertz CT molecular complexity index is 597. The van der Waals surface area contributed by atoms with Gasteiger partial charge in [-0.2, -0.15) is 0 Å². The number of carbonyl (C=O) groups is 1. The third-order valence-corrected chi connectivity index (χ3v) is 4.40. The molecule has 2 saturated heterocycles. The van der Waals surface area contributed by atoms with Crippen molar-refractivity contribution in [2.24, 2.45) is 0 Å². The fraction of sp³-hybridized carbons (Fsp3) is 0.667. The Morgan fingerprint density at radius 2 is 1.92 bits per heavy atom. The van der Waals surface area contributed by atoms with Crippen molar-refractivity contribution in [3.05, 3.63) is 29.6 Å². The van der Waals surface area contributed by atoms with Crippen LogP contribution in [0, 0.1) is 0 Å². The lowest BCUT2D eigenvalue weighted by molar-refractivity contribution is -0.0459. The number of aliphatic hydroxyl groups is 1. The topological polar surface area (TPSA) is 81.1 Å². The second-order valence-corrected chi connectivity index (χ2v) is 7.55. The second kappa shape index (κ2) is 6.90. The SMILES string of the molecule is CC(C)(C)OC(=O)N1CCC(O)(c2ccc(C3OCCO3)cn2)CC1. The van der Waals surface area contributed by atoms with Gasteiger partial charge in [-0.15, -0.1) is 0 Å². The monoisotopic (exact) mass is 350 g/mol. The number of piperidine rings is 1. The maximum Gasteiger partial charge on any atom is 0.410 e. The number of hydrogen-bond acceptors (Lipinski definition) is 6. The molecule has 0 saturated carbocycles. The second-order valence-electron chi connectivity index (χ2n) is 7.55. The number of carbonyl (C=O) groups excluding carboxylic acids is 1. The molecule has 2 aliphatic heterocycles. The molecular formula is C18H26N2O5. The van der Waals surface area contributed by atoms with Gasteiger partial charge in [0, 0.05) is 24.8 Å². The maximum atomic E-state index is 12.1. The summed E-state index contributed by atoms with van der Waals surface area (Å²) in [6, 6.07) is 3.68. The predicted molar refractivity (Wildman–Crippen MR) is 89.8 cm³/mol. The van der Waals surface area contributed by atoms with Gasteiger partial charge in [0.15, 0.2) is 6.29 Å². The lowest BCUT2D eigenvalue weighted by atomic mass is 9.87. The third-order valence-electron chi connectivity index (χ3n) is 4.40. The molecule has 2 fully saturated rings. The van der Waals surface area contributed by atoms with E-state index in [0.717, 1.165) is 5.56 Å². The summed E-state index contributed by atoms with van der Waals surface area (Å²) in [4.78, 5) is 18.2. The molecule has 3 rings (SSSR count). The zero-order valence-electron chi connectivity index (χ0n) is 15.0. The van der Waals surface area contributed by atoms with E-state index < -0.39 is 11.2 Å². The van der Waals surface area contributed by atoms with Crippen LogP contribution in [-0.2, 0) is 19.8 Å². The van der Waals surface area contributed by atoms with E-state index >= 15 is 0 Å². The molecule has 0 aromatic carbocycles. The van der Waals surface area contributed by atoms with Gasteiger partial charge in [-0.05, 0) is 39.7 Å². The number of likely N-dealkylation sites (tertiary alicyclic amines) is 1. The summed E-state index contributed by atoms with van der Waals surface area (Å²) >= 11 is 0. The van der Waals surface area contributed by atoms with E-state index in [9.17, 15) is 9.90 Å². The zero-order chi connectivity index (χ0) is 18.1. The molecule has 25 heavy (non-hydrogen) atoms. The highest BCUT2D eigenvalue weighted by Gasteiger charge is 2.38. The highest BCUT2D eigenvalue weighted by atomic mass is 16.7. The van der Waals surface area contributed by atoms with E-state index in [2.05, 4.69) is 4.98 Å². The van der Waals surface area contributed by atoms with Crippen LogP contribution in [-0.4, -0.2) is 53.0 Å². The van der Waals surface area contributed by atoms with Crippen LogP contribution in [0.3, 0.4) is 0 Å². The molecule has 0 unspecified atom stereocenters. The van der Waals surface area contributed by atoms with E-state index in [1.165, 1.54) is 0 Å². The molecular weight excluding hydrogens is 324 g/mol. The van der Waals surface area contributed by atoms with Gasteiger partial charge in [0.1, 0.15) is 11.2 Å². The number of hydrogen-bond donors (Lipinski definition) is 1. The normalized spacial score (nSPS) is 21.4. The molecule has 0 bridgehead atoms. The lowest BCUT2D eigenvalue weighted by Gasteiger charge is -2.38. The number of pyridine rings is 1. The summed E-state index contributed by atoms with van der Waals surface area (Å²) in [7, 11) is 0. The standard InChI is InChI=1S/C18H26N2O5/c1-17(2,3)25-16(21)20-8-6-18(22,7-9-20)14-5-4-13(12-19-14)15-23-10-11-24-15/h4-5,12,15,22H,6-11H2,1-3H3. The fourth-order valence-corrected chi connectivity index (χ4v) is 3.01. The summed E-state index contributed by atoms with van der Waals surface area (Å²) in [6.07, 6.45) is 1.83. The molecule has 7 nitrogen and oxygen atoms in total. The first-order valence-electron chi connectivity index (χ1n) is 8.67. The van der Waals surface area contributed by atoms with Crippen LogP contribution in [0.4, 0.5) is 4.79 Å². The molecule has 2 aliphatic rings. The maximum absolute atomic E-state index is 12.1. The fourth-order valence-electron chi connectivity index (χ4n) is 3.01. The van der Waals surface area contributed by atoms with Gasteiger partial charge < -0.3 is 24.2 Å². The van der Waals surface area contributed by atoms with Crippen molar-refractivity contribution in [2.45, 2.75) is 51.1 Å². The summed E-state index contributed by atoms with van der Waals surface area (Å²) < 4.78 is 16.3. The van der Waals surface area contributed by atoms with Crippen LogP contribution in [0.5, 0.6) is 0 Å². The number of nitrogens with zero attached hydrogens (tertiary/aromatic N) is 2. The largest absolute Gasteiger partial charge is 0.444 e. The first-order valence-corrected chi connectivity index (χ1v) is 8.67. The average molecular weight is 350 g/mol. The molecule has 3 heterocycles.